The number of halogens is 8. The second-order valence-corrected chi connectivity index (χ2v) is 6.16. The maximum Gasteiger partial charge on any atom is 0.573 e. The molecule has 0 saturated heterocycles. The van der Waals surface area contributed by atoms with E-state index < -0.39 is 49.4 Å². The first kappa shape index (κ1) is 18.1. The van der Waals surface area contributed by atoms with E-state index in [4.69, 9.17) is 22.3 Å². The summed E-state index contributed by atoms with van der Waals surface area (Å²) in [6, 6.07) is 0. The number of rotatable bonds is 3. The van der Waals surface area contributed by atoms with E-state index in [1.54, 1.807) is 0 Å². The lowest BCUT2D eigenvalue weighted by Crippen LogP contribution is -2.22. The van der Waals surface area contributed by atoms with Gasteiger partial charge >= 0.3 is 12.5 Å². The van der Waals surface area contributed by atoms with Gasteiger partial charge in [0.2, 0.25) is 0 Å². The fourth-order valence-corrected chi connectivity index (χ4v) is 2.74. The van der Waals surface area contributed by atoms with Gasteiger partial charge < -0.3 is 4.74 Å². The molecule has 0 aliphatic heterocycles. The largest absolute Gasteiger partial charge is 0.573 e. The van der Waals surface area contributed by atoms with Crippen LogP contribution in [0, 0.1) is 0 Å². The molecular weight excluding hydrogens is 375 g/mol. The molecule has 13 heteroatoms. The molecule has 0 amide bonds. The second kappa shape index (κ2) is 5.69. The first-order valence-electron chi connectivity index (χ1n) is 4.63. The van der Waals surface area contributed by atoms with Gasteiger partial charge in [-0.2, -0.15) is 13.2 Å². The van der Waals surface area contributed by atoms with Crippen molar-refractivity contribution in [3.8, 4) is 5.75 Å². The standard InChI is InChI=1S/C8H3Cl2F6NO3S/c9-1-4-5(20-8(14,15)16)6(21(10,18)19)3(2-17-4)7(11,12)13/h2H,1H2. The van der Waals surface area contributed by atoms with Gasteiger partial charge in [0.1, 0.15) is 4.90 Å². The van der Waals surface area contributed by atoms with E-state index in [1.807, 2.05) is 0 Å². The van der Waals surface area contributed by atoms with Crippen molar-refractivity contribution in [3.63, 3.8) is 0 Å². The number of nitrogens with zero attached hydrogens (tertiary/aromatic N) is 1. The van der Waals surface area contributed by atoms with Crippen molar-refractivity contribution in [1.82, 2.24) is 4.98 Å². The lowest BCUT2D eigenvalue weighted by Gasteiger charge is -2.18. The summed E-state index contributed by atoms with van der Waals surface area (Å²) < 4.78 is 101. The predicted octanol–water partition coefficient (Wildman–Crippen LogP) is 3.67. The quantitative estimate of drug-likeness (QED) is 0.458. The van der Waals surface area contributed by atoms with Gasteiger partial charge in [0.15, 0.2) is 5.75 Å². The molecular formula is C8H3Cl2F6NO3S. The van der Waals surface area contributed by atoms with Crippen LogP contribution in [0.4, 0.5) is 26.3 Å². The van der Waals surface area contributed by atoms with Crippen molar-refractivity contribution in [2.45, 2.75) is 23.3 Å². The summed E-state index contributed by atoms with van der Waals surface area (Å²) in [5.41, 5.74) is -2.85. The molecule has 1 heterocycles. The van der Waals surface area contributed by atoms with Gasteiger partial charge in [0.25, 0.3) is 9.05 Å². The zero-order valence-corrected chi connectivity index (χ0v) is 11.7. The Kier molecular flexibility index (Phi) is 4.91. The molecule has 1 rings (SSSR count). The number of alkyl halides is 7. The van der Waals surface area contributed by atoms with E-state index in [-0.39, 0.29) is 6.20 Å². The molecule has 0 aromatic carbocycles. The molecule has 0 spiro atoms. The summed E-state index contributed by atoms with van der Waals surface area (Å²) >= 11 is 5.22. The summed E-state index contributed by atoms with van der Waals surface area (Å²) in [4.78, 5) is 1.13. The number of pyridine rings is 1. The third-order valence-electron chi connectivity index (χ3n) is 1.96. The van der Waals surface area contributed by atoms with Gasteiger partial charge in [0, 0.05) is 16.9 Å². The lowest BCUT2D eigenvalue weighted by molar-refractivity contribution is -0.276. The highest BCUT2D eigenvalue weighted by Gasteiger charge is 2.43. The Morgan fingerprint density at radius 1 is 1.19 bits per heavy atom. The highest BCUT2D eigenvalue weighted by atomic mass is 35.7. The normalized spacial score (nSPS) is 13.3. The van der Waals surface area contributed by atoms with Crippen molar-refractivity contribution >= 4 is 31.3 Å². The highest BCUT2D eigenvalue weighted by molar-refractivity contribution is 8.13. The maximum absolute atomic E-state index is 12.7. The summed E-state index contributed by atoms with van der Waals surface area (Å²) in [5.74, 6) is -2.54. The fourth-order valence-electron chi connectivity index (χ4n) is 1.27. The number of aromatic nitrogens is 1. The van der Waals surface area contributed by atoms with E-state index in [0.717, 1.165) is 0 Å². The molecule has 1 aromatic rings. The van der Waals surface area contributed by atoms with Gasteiger partial charge in [-0.1, -0.05) is 0 Å². The van der Waals surface area contributed by atoms with E-state index in [2.05, 4.69) is 9.72 Å². The smallest absolute Gasteiger partial charge is 0.402 e. The van der Waals surface area contributed by atoms with Crippen LogP contribution in [0.5, 0.6) is 5.75 Å². The summed E-state index contributed by atoms with van der Waals surface area (Å²) in [6.45, 7) is 0. The number of ether oxygens (including phenoxy) is 1. The van der Waals surface area contributed by atoms with Crippen LogP contribution < -0.4 is 4.74 Å². The van der Waals surface area contributed by atoms with E-state index in [1.165, 1.54) is 0 Å². The lowest BCUT2D eigenvalue weighted by atomic mass is 10.2. The monoisotopic (exact) mass is 377 g/mol. The van der Waals surface area contributed by atoms with Crippen LogP contribution in [0.1, 0.15) is 11.3 Å². The van der Waals surface area contributed by atoms with Crippen molar-refractivity contribution in [2.24, 2.45) is 0 Å². The molecule has 120 valence electrons. The average Bonchev–Trinajstić information content (AvgIpc) is 2.23. The molecule has 0 radical (unpaired) electrons. The van der Waals surface area contributed by atoms with Crippen LogP contribution in [0.25, 0.3) is 0 Å². The minimum absolute atomic E-state index is 0.0101. The molecule has 21 heavy (non-hydrogen) atoms. The Bertz CT molecular complexity index is 643. The molecule has 4 nitrogen and oxygen atoms in total. The van der Waals surface area contributed by atoms with Gasteiger partial charge in [0.05, 0.1) is 17.1 Å². The first-order chi connectivity index (χ1) is 9.27. The fraction of sp³-hybridized carbons (Fsp3) is 0.375. The third kappa shape index (κ3) is 4.51. The molecule has 0 unspecified atom stereocenters. The molecule has 0 aliphatic carbocycles. The molecule has 0 fully saturated rings. The summed E-state index contributed by atoms with van der Waals surface area (Å²) in [5, 5.41) is 0. The van der Waals surface area contributed by atoms with Crippen molar-refractivity contribution < 1.29 is 39.5 Å². The summed E-state index contributed by atoms with van der Waals surface area (Å²) in [6.07, 6.45) is -10.8. The van der Waals surface area contributed by atoms with Crippen LogP contribution >= 0.6 is 22.3 Å². The number of hydrogen-bond donors (Lipinski definition) is 0. The van der Waals surface area contributed by atoms with Gasteiger partial charge in [-0.25, -0.2) is 8.42 Å². The summed E-state index contributed by atoms with van der Waals surface area (Å²) in [7, 11) is -0.437. The highest BCUT2D eigenvalue weighted by Crippen LogP contribution is 2.43. The Morgan fingerprint density at radius 2 is 1.71 bits per heavy atom. The minimum atomic E-state index is -5.47. The van der Waals surface area contributed by atoms with Crippen molar-refractivity contribution in [2.75, 3.05) is 0 Å². The Balaban J connectivity index is 3.80. The Morgan fingerprint density at radius 3 is 2.05 bits per heavy atom. The van der Waals surface area contributed by atoms with Crippen LogP contribution in [0.15, 0.2) is 11.1 Å². The zero-order valence-electron chi connectivity index (χ0n) is 9.39. The second-order valence-electron chi connectivity index (χ2n) is 3.39. The van der Waals surface area contributed by atoms with Crippen LogP contribution in [0.3, 0.4) is 0 Å². The van der Waals surface area contributed by atoms with E-state index in [0.29, 0.717) is 0 Å². The van der Waals surface area contributed by atoms with Crippen molar-refractivity contribution in [3.05, 3.63) is 17.5 Å². The number of hydrogen-bond acceptors (Lipinski definition) is 4. The third-order valence-corrected chi connectivity index (χ3v) is 3.57. The average molecular weight is 378 g/mol. The van der Waals surface area contributed by atoms with E-state index in [9.17, 15) is 34.8 Å². The van der Waals surface area contributed by atoms with Gasteiger partial charge in [-0.15, -0.1) is 24.8 Å². The van der Waals surface area contributed by atoms with Gasteiger partial charge in [-0.3, -0.25) is 4.98 Å². The van der Waals surface area contributed by atoms with Crippen molar-refractivity contribution in [1.29, 1.82) is 0 Å². The van der Waals surface area contributed by atoms with Crippen LogP contribution in [-0.4, -0.2) is 19.8 Å². The Hall–Kier alpha value is -0.940. The molecule has 0 aliphatic rings. The first-order valence-corrected chi connectivity index (χ1v) is 7.47. The Labute approximate surface area is 123 Å². The molecule has 0 N–H and O–H groups in total. The molecule has 0 bridgehead atoms. The maximum atomic E-state index is 12.7. The SMILES string of the molecule is O=S(=O)(Cl)c1c(C(F)(F)F)cnc(CCl)c1OC(F)(F)F. The topological polar surface area (TPSA) is 56.3 Å². The molecule has 1 aromatic heterocycles. The molecule has 0 atom stereocenters. The predicted molar refractivity (Wildman–Crippen MR) is 58.5 cm³/mol. The van der Waals surface area contributed by atoms with Crippen LogP contribution in [0.2, 0.25) is 0 Å². The molecule has 0 saturated carbocycles. The van der Waals surface area contributed by atoms with Crippen LogP contribution in [-0.2, 0) is 21.1 Å². The zero-order chi connectivity index (χ0) is 16.6. The van der Waals surface area contributed by atoms with E-state index >= 15 is 0 Å². The van der Waals surface area contributed by atoms with Gasteiger partial charge in [-0.05, 0) is 0 Å². The minimum Gasteiger partial charge on any atom is -0.402 e.